The maximum Gasteiger partial charge on any atom is 0.244 e. The Morgan fingerprint density at radius 2 is 1.79 bits per heavy atom. The summed E-state index contributed by atoms with van der Waals surface area (Å²) >= 11 is 12.6. The third-order valence-electron chi connectivity index (χ3n) is 6.72. The lowest BCUT2D eigenvalue weighted by Gasteiger charge is -2.34. The van der Waals surface area contributed by atoms with Gasteiger partial charge in [0.1, 0.15) is 18.3 Å². The second-order valence-corrected chi connectivity index (χ2v) is 12.2. The van der Waals surface area contributed by atoms with Crippen molar-refractivity contribution in [1.29, 1.82) is 0 Å². The smallest absolute Gasteiger partial charge is 0.244 e. The van der Waals surface area contributed by atoms with E-state index in [2.05, 4.69) is 5.32 Å². The molecule has 11 heteroatoms. The number of ether oxygens (including phenoxy) is 1. The number of amides is 2. The number of carbonyl (C=O) groups excluding carboxylic acids is 2. The van der Waals surface area contributed by atoms with Crippen molar-refractivity contribution in [2.24, 2.45) is 0 Å². The van der Waals surface area contributed by atoms with Gasteiger partial charge < -0.3 is 15.0 Å². The van der Waals surface area contributed by atoms with Gasteiger partial charge in [-0.3, -0.25) is 13.9 Å². The molecule has 2 aromatic carbocycles. The van der Waals surface area contributed by atoms with Gasteiger partial charge >= 0.3 is 0 Å². The first-order valence-electron chi connectivity index (χ1n) is 12.7. The molecule has 3 rings (SSSR count). The Morgan fingerprint density at radius 3 is 2.39 bits per heavy atom. The molecular formula is C27H35Cl2N3O5S. The number of anilines is 1. The molecule has 1 aliphatic rings. The lowest BCUT2D eigenvalue weighted by molar-refractivity contribution is -0.140. The Kier molecular flexibility index (Phi) is 10.7. The van der Waals surface area contributed by atoms with Crippen LogP contribution in [-0.2, 0) is 26.2 Å². The predicted octanol–water partition coefficient (Wildman–Crippen LogP) is 5.02. The first kappa shape index (κ1) is 30.1. The summed E-state index contributed by atoms with van der Waals surface area (Å²) in [5.74, 6) is -0.568. The van der Waals surface area contributed by atoms with Crippen molar-refractivity contribution < 1.29 is 22.7 Å². The van der Waals surface area contributed by atoms with Gasteiger partial charge in [0.05, 0.1) is 19.1 Å². The molecule has 1 N–H and O–H groups in total. The highest BCUT2D eigenvalue weighted by atomic mass is 35.5. The van der Waals surface area contributed by atoms with Crippen molar-refractivity contribution >= 4 is 50.7 Å². The molecule has 0 saturated heterocycles. The van der Waals surface area contributed by atoms with Crippen LogP contribution in [0.1, 0.15) is 51.0 Å². The lowest BCUT2D eigenvalue weighted by Crippen LogP contribution is -2.54. The van der Waals surface area contributed by atoms with E-state index >= 15 is 0 Å². The summed E-state index contributed by atoms with van der Waals surface area (Å²) in [6.45, 7) is 1.32. The lowest BCUT2D eigenvalue weighted by atomic mass is 9.95. The van der Waals surface area contributed by atoms with Crippen molar-refractivity contribution in [2.75, 3.05) is 24.2 Å². The van der Waals surface area contributed by atoms with Gasteiger partial charge in [0.2, 0.25) is 21.8 Å². The van der Waals surface area contributed by atoms with Gasteiger partial charge in [-0.15, -0.1) is 0 Å². The zero-order valence-corrected chi connectivity index (χ0v) is 24.3. The SMILES string of the molecule is CC[C@@H](C(=O)NC1CCCCC1)N(Cc1ccccc1Cl)C(=O)CN(c1cc(Cl)ccc1OC)S(C)(=O)=O. The van der Waals surface area contributed by atoms with Crippen molar-refractivity contribution in [1.82, 2.24) is 10.2 Å². The highest BCUT2D eigenvalue weighted by Gasteiger charge is 2.33. The summed E-state index contributed by atoms with van der Waals surface area (Å²) in [7, 11) is -2.53. The molecule has 0 radical (unpaired) electrons. The molecule has 0 heterocycles. The summed E-state index contributed by atoms with van der Waals surface area (Å²) < 4.78 is 32.0. The topological polar surface area (TPSA) is 96.0 Å². The average Bonchev–Trinajstić information content (AvgIpc) is 2.88. The molecule has 2 amide bonds. The second-order valence-electron chi connectivity index (χ2n) is 9.47. The van der Waals surface area contributed by atoms with Crippen LogP contribution in [0.2, 0.25) is 10.0 Å². The third kappa shape index (κ3) is 7.77. The largest absolute Gasteiger partial charge is 0.495 e. The maximum absolute atomic E-state index is 13.9. The quantitative estimate of drug-likeness (QED) is 0.400. The third-order valence-corrected chi connectivity index (χ3v) is 8.46. The Balaban J connectivity index is 1.97. The zero-order valence-electron chi connectivity index (χ0n) is 22.0. The van der Waals surface area contributed by atoms with Crippen LogP contribution in [0.4, 0.5) is 5.69 Å². The first-order valence-corrected chi connectivity index (χ1v) is 15.3. The minimum absolute atomic E-state index is 0.0411. The summed E-state index contributed by atoms with van der Waals surface area (Å²) in [5, 5.41) is 3.85. The van der Waals surface area contributed by atoms with Gasteiger partial charge in [-0.25, -0.2) is 8.42 Å². The maximum atomic E-state index is 13.9. The fourth-order valence-corrected chi connectivity index (χ4v) is 5.93. The van der Waals surface area contributed by atoms with Crippen LogP contribution in [0.15, 0.2) is 42.5 Å². The Bertz CT molecular complexity index is 1230. The van der Waals surface area contributed by atoms with Crippen LogP contribution in [0, 0.1) is 0 Å². The fraction of sp³-hybridized carbons (Fsp3) is 0.481. The molecule has 0 spiro atoms. The van der Waals surface area contributed by atoms with Crippen LogP contribution in [0.25, 0.3) is 0 Å². The van der Waals surface area contributed by atoms with E-state index in [4.69, 9.17) is 27.9 Å². The molecule has 38 heavy (non-hydrogen) atoms. The number of hydrogen-bond donors (Lipinski definition) is 1. The van der Waals surface area contributed by atoms with Gasteiger partial charge in [-0.2, -0.15) is 0 Å². The molecule has 1 saturated carbocycles. The molecule has 2 aromatic rings. The van der Waals surface area contributed by atoms with E-state index in [1.165, 1.54) is 24.1 Å². The van der Waals surface area contributed by atoms with Gasteiger partial charge in [-0.1, -0.05) is 67.6 Å². The van der Waals surface area contributed by atoms with Crippen LogP contribution >= 0.6 is 23.2 Å². The normalized spacial score (nSPS) is 15.0. The van der Waals surface area contributed by atoms with Gasteiger partial charge in [0.25, 0.3) is 0 Å². The van der Waals surface area contributed by atoms with Gasteiger partial charge in [0, 0.05) is 22.6 Å². The van der Waals surface area contributed by atoms with Crippen LogP contribution in [-0.4, -0.2) is 57.1 Å². The Hall–Kier alpha value is -2.49. The van der Waals surface area contributed by atoms with Crippen molar-refractivity contribution in [3.05, 3.63) is 58.1 Å². The van der Waals surface area contributed by atoms with Crippen LogP contribution < -0.4 is 14.4 Å². The molecule has 0 unspecified atom stereocenters. The Morgan fingerprint density at radius 1 is 1.11 bits per heavy atom. The highest BCUT2D eigenvalue weighted by molar-refractivity contribution is 7.92. The van der Waals surface area contributed by atoms with Crippen molar-refractivity contribution in [3.8, 4) is 5.75 Å². The van der Waals surface area contributed by atoms with E-state index < -0.39 is 28.5 Å². The van der Waals surface area contributed by atoms with Crippen LogP contribution in [0.3, 0.4) is 0 Å². The molecule has 0 aromatic heterocycles. The molecule has 1 atom stereocenters. The highest BCUT2D eigenvalue weighted by Crippen LogP contribution is 2.33. The zero-order chi connectivity index (χ0) is 27.9. The van der Waals surface area contributed by atoms with E-state index in [1.54, 1.807) is 30.3 Å². The Labute approximate surface area is 235 Å². The number of benzene rings is 2. The number of carbonyl (C=O) groups is 2. The summed E-state index contributed by atoms with van der Waals surface area (Å²) in [6.07, 6.45) is 6.40. The number of halogens is 2. The van der Waals surface area contributed by atoms with E-state index in [1.807, 2.05) is 6.92 Å². The van der Waals surface area contributed by atoms with E-state index in [0.29, 0.717) is 17.0 Å². The van der Waals surface area contributed by atoms with Crippen LogP contribution in [0.5, 0.6) is 5.75 Å². The molecule has 1 aliphatic carbocycles. The summed E-state index contributed by atoms with van der Waals surface area (Å²) in [6, 6.07) is 10.8. The molecule has 0 aliphatic heterocycles. The number of rotatable bonds is 11. The monoisotopic (exact) mass is 583 g/mol. The number of sulfonamides is 1. The average molecular weight is 585 g/mol. The number of nitrogens with one attached hydrogen (secondary N) is 1. The van der Waals surface area contributed by atoms with Gasteiger partial charge in [-0.05, 0) is 49.1 Å². The molecule has 1 fully saturated rings. The molecule has 208 valence electrons. The number of nitrogens with zero attached hydrogens (tertiary/aromatic N) is 2. The van der Waals surface area contributed by atoms with E-state index in [0.717, 1.165) is 42.7 Å². The number of hydrogen-bond acceptors (Lipinski definition) is 5. The predicted molar refractivity (Wildman–Crippen MR) is 151 cm³/mol. The van der Waals surface area contributed by atoms with E-state index in [9.17, 15) is 18.0 Å². The summed E-state index contributed by atoms with van der Waals surface area (Å²) in [4.78, 5) is 28.8. The van der Waals surface area contributed by atoms with Gasteiger partial charge in [0.15, 0.2) is 0 Å². The first-order chi connectivity index (χ1) is 18.0. The minimum Gasteiger partial charge on any atom is -0.495 e. The molecular weight excluding hydrogens is 549 g/mol. The molecule has 8 nitrogen and oxygen atoms in total. The number of methoxy groups -OCH3 is 1. The summed E-state index contributed by atoms with van der Waals surface area (Å²) in [5.41, 5.74) is 0.783. The minimum atomic E-state index is -3.93. The molecule has 0 bridgehead atoms. The second kappa shape index (κ2) is 13.5. The fourth-order valence-electron chi connectivity index (χ4n) is 4.73. The van der Waals surface area contributed by atoms with Crippen molar-refractivity contribution in [2.45, 2.75) is 64.1 Å². The van der Waals surface area contributed by atoms with E-state index in [-0.39, 0.29) is 35.0 Å². The standard InChI is InChI=1S/C27H35Cl2N3O5S/c1-4-23(27(34)30-21-11-6-5-7-12-21)31(17-19-10-8-9-13-22(19)29)26(33)18-32(38(3,35)36)24-16-20(28)14-15-25(24)37-2/h8-10,13-16,21,23H,4-7,11-12,17-18H2,1-3H3,(H,30,34)/t23-/m0/s1. The van der Waals surface area contributed by atoms with Crippen molar-refractivity contribution in [3.63, 3.8) is 0 Å².